The van der Waals surface area contributed by atoms with Crippen LogP contribution < -0.4 is 15.8 Å². The molecule has 0 aromatic carbocycles. The summed E-state index contributed by atoms with van der Waals surface area (Å²) in [5.74, 6) is 0.584. The van der Waals surface area contributed by atoms with E-state index in [-0.39, 0.29) is 6.61 Å². The summed E-state index contributed by atoms with van der Waals surface area (Å²) in [5, 5.41) is 3.08. The first kappa shape index (κ1) is 12.3. The van der Waals surface area contributed by atoms with E-state index in [1.807, 2.05) is 6.07 Å². The van der Waals surface area contributed by atoms with Gasteiger partial charge in [0.05, 0.1) is 7.11 Å². The van der Waals surface area contributed by atoms with Crippen LogP contribution in [-0.4, -0.2) is 31.3 Å². The minimum absolute atomic E-state index is 0.263. The molecule has 1 heterocycles. The smallest absolute Gasteiger partial charge is 0.404 e. The largest absolute Gasteiger partial charge is 0.481 e. The molecule has 3 N–H and O–H groups in total. The maximum absolute atomic E-state index is 10.3. The van der Waals surface area contributed by atoms with Crippen molar-refractivity contribution in [3.8, 4) is 5.88 Å². The van der Waals surface area contributed by atoms with Gasteiger partial charge in [0.2, 0.25) is 5.88 Å². The second kappa shape index (κ2) is 6.62. The number of rotatable bonds is 6. The molecular weight excluding hydrogens is 210 g/mol. The van der Waals surface area contributed by atoms with Gasteiger partial charge in [-0.05, 0) is 5.56 Å². The molecule has 88 valence electrons. The lowest BCUT2D eigenvalue weighted by molar-refractivity contribution is 0.157. The van der Waals surface area contributed by atoms with Crippen molar-refractivity contribution in [1.29, 1.82) is 0 Å². The van der Waals surface area contributed by atoms with Crippen LogP contribution in [0.5, 0.6) is 5.88 Å². The maximum atomic E-state index is 10.3. The quantitative estimate of drug-likeness (QED) is 0.679. The highest BCUT2D eigenvalue weighted by Crippen LogP contribution is 2.05. The standard InChI is InChI=1S/C10H15N3O3/c1-15-9-3-2-8(7-13-9)6-12-4-5-16-10(11)14/h2-3,7,12H,4-6H2,1H3,(H2,11,14). The molecule has 0 unspecified atom stereocenters. The topological polar surface area (TPSA) is 86.5 Å². The van der Waals surface area contributed by atoms with Gasteiger partial charge >= 0.3 is 6.09 Å². The van der Waals surface area contributed by atoms with Crippen molar-refractivity contribution in [3.63, 3.8) is 0 Å². The Kier molecular flexibility index (Phi) is 5.07. The Labute approximate surface area is 93.8 Å². The van der Waals surface area contributed by atoms with Crippen molar-refractivity contribution in [2.45, 2.75) is 6.54 Å². The van der Waals surface area contributed by atoms with Crippen LogP contribution in [0.4, 0.5) is 4.79 Å². The third kappa shape index (κ3) is 4.61. The van der Waals surface area contributed by atoms with Crippen LogP contribution in [0.25, 0.3) is 0 Å². The lowest BCUT2D eigenvalue weighted by Crippen LogP contribution is -2.23. The second-order valence-corrected chi connectivity index (χ2v) is 3.05. The Morgan fingerprint density at radius 1 is 1.56 bits per heavy atom. The highest BCUT2D eigenvalue weighted by molar-refractivity contribution is 5.64. The number of primary amides is 1. The molecule has 6 nitrogen and oxygen atoms in total. The van der Waals surface area contributed by atoms with E-state index < -0.39 is 6.09 Å². The lowest BCUT2D eigenvalue weighted by atomic mass is 10.3. The first-order chi connectivity index (χ1) is 7.72. The van der Waals surface area contributed by atoms with Crippen LogP contribution in [0, 0.1) is 0 Å². The van der Waals surface area contributed by atoms with E-state index in [1.54, 1.807) is 19.4 Å². The van der Waals surface area contributed by atoms with E-state index in [2.05, 4.69) is 15.0 Å². The van der Waals surface area contributed by atoms with Gasteiger partial charge in [0.25, 0.3) is 0 Å². The highest BCUT2D eigenvalue weighted by atomic mass is 16.5. The molecule has 1 amide bonds. The van der Waals surface area contributed by atoms with Gasteiger partial charge in [0.15, 0.2) is 0 Å². The maximum Gasteiger partial charge on any atom is 0.404 e. The Balaban J connectivity index is 2.19. The van der Waals surface area contributed by atoms with Crippen molar-refractivity contribution < 1.29 is 14.3 Å². The molecule has 1 aromatic rings. The summed E-state index contributed by atoms with van der Waals surface area (Å²) in [6.07, 6.45) is 0.966. The van der Waals surface area contributed by atoms with Crippen LogP contribution in [0.15, 0.2) is 18.3 Å². The number of ether oxygens (including phenoxy) is 2. The normalized spacial score (nSPS) is 9.81. The van der Waals surface area contributed by atoms with Gasteiger partial charge in [0, 0.05) is 25.4 Å². The fourth-order valence-corrected chi connectivity index (χ4v) is 1.09. The number of pyridine rings is 1. The Morgan fingerprint density at radius 3 is 2.94 bits per heavy atom. The molecule has 1 aromatic heterocycles. The van der Waals surface area contributed by atoms with Gasteiger partial charge in [-0.2, -0.15) is 0 Å². The number of nitrogens with two attached hydrogens (primary N) is 1. The van der Waals surface area contributed by atoms with E-state index >= 15 is 0 Å². The minimum Gasteiger partial charge on any atom is -0.481 e. The second-order valence-electron chi connectivity index (χ2n) is 3.05. The predicted octanol–water partition coefficient (Wildman–Crippen LogP) is 0.275. The molecule has 0 spiro atoms. The van der Waals surface area contributed by atoms with Gasteiger partial charge in [0.1, 0.15) is 6.61 Å². The van der Waals surface area contributed by atoms with E-state index in [0.29, 0.717) is 19.0 Å². The van der Waals surface area contributed by atoms with Crippen molar-refractivity contribution in [3.05, 3.63) is 23.9 Å². The molecule has 0 saturated heterocycles. The summed E-state index contributed by atoms with van der Waals surface area (Å²) in [5.41, 5.74) is 5.83. The summed E-state index contributed by atoms with van der Waals surface area (Å²) in [6.45, 7) is 1.47. The van der Waals surface area contributed by atoms with E-state index in [1.165, 1.54) is 0 Å². The van der Waals surface area contributed by atoms with Gasteiger partial charge < -0.3 is 20.5 Å². The molecule has 16 heavy (non-hydrogen) atoms. The zero-order chi connectivity index (χ0) is 11.8. The molecule has 0 radical (unpaired) electrons. The zero-order valence-corrected chi connectivity index (χ0v) is 9.10. The number of nitrogens with one attached hydrogen (secondary N) is 1. The van der Waals surface area contributed by atoms with Crippen LogP contribution in [0.1, 0.15) is 5.56 Å². The third-order valence-corrected chi connectivity index (χ3v) is 1.86. The lowest BCUT2D eigenvalue weighted by Gasteiger charge is -2.05. The number of aromatic nitrogens is 1. The zero-order valence-electron chi connectivity index (χ0n) is 9.10. The summed E-state index contributed by atoms with van der Waals surface area (Å²) in [7, 11) is 1.57. The Hall–Kier alpha value is -1.82. The molecule has 0 aliphatic carbocycles. The van der Waals surface area contributed by atoms with Gasteiger partial charge in [-0.25, -0.2) is 9.78 Å². The van der Waals surface area contributed by atoms with Crippen LogP contribution in [0.3, 0.4) is 0 Å². The average molecular weight is 225 g/mol. The summed E-state index contributed by atoms with van der Waals surface area (Å²) < 4.78 is 9.49. The number of methoxy groups -OCH3 is 1. The SMILES string of the molecule is COc1ccc(CNCCOC(N)=O)cn1. The molecule has 0 bridgehead atoms. The number of hydrogen-bond donors (Lipinski definition) is 2. The molecule has 0 aliphatic rings. The van der Waals surface area contributed by atoms with E-state index in [4.69, 9.17) is 10.5 Å². The van der Waals surface area contributed by atoms with Crippen molar-refractivity contribution in [1.82, 2.24) is 10.3 Å². The number of nitrogens with zero attached hydrogens (tertiary/aromatic N) is 1. The molecule has 6 heteroatoms. The van der Waals surface area contributed by atoms with E-state index in [9.17, 15) is 4.79 Å². The summed E-state index contributed by atoms with van der Waals surface area (Å²) in [4.78, 5) is 14.3. The number of carbonyl (C=O) groups is 1. The first-order valence-electron chi connectivity index (χ1n) is 4.84. The molecule has 1 rings (SSSR count). The fourth-order valence-electron chi connectivity index (χ4n) is 1.09. The van der Waals surface area contributed by atoms with Crippen LogP contribution in [-0.2, 0) is 11.3 Å². The van der Waals surface area contributed by atoms with Crippen LogP contribution in [0.2, 0.25) is 0 Å². The van der Waals surface area contributed by atoms with Gasteiger partial charge in [-0.1, -0.05) is 6.07 Å². The van der Waals surface area contributed by atoms with Gasteiger partial charge in [-0.15, -0.1) is 0 Å². The van der Waals surface area contributed by atoms with Crippen molar-refractivity contribution >= 4 is 6.09 Å². The highest BCUT2D eigenvalue weighted by Gasteiger charge is 1.96. The first-order valence-corrected chi connectivity index (χ1v) is 4.84. The third-order valence-electron chi connectivity index (χ3n) is 1.86. The Bertz CT molecular complexity index is 327. The molecule has 0 saturated carbocycles. The fraction of sp³-hybridized carbons (Fsp3) is 0.400. The molecular formula is C10H15N3O3. The van der Waals surface area contributed by atoms with Gasteiger partial charge in [-0.3, -0.25) is 0 Å². The van der Waals surface area contributed by atoms with Crippen molar-refractivity contribution in [2.24, 2.45) is 5.73 Å². The minimum atomic E-state index is -0.757. The number of carbonyl (C=O) groups excluding carboxylic acids is 1. The average Bonchev–Trinajstić information content (AvgIpc) is 2.29. The summed E-state index contributed by atoms with van der Waals surface area (Å²) >= 11 is 0. The van der Waals surface area contributed by atoms with Crippen LogP contribution >= 0.6 is 0 Å². The predicted molar refractivity (Wildman–Crippen MR) is 58.0 cm³/mol. The number of amides is 1. The monoisotopic (exact) mass is 225 g/mol. The molecule has 0 atom stereocenters. The molecule has 0 aliphatic heterocycles. The number of hydrogen-bond acceptors (Lipinski definition) is 5. The van der Waals surface area contributed by atoms with Crippen molar-refractivity contribution in [2.75, 3.05) is 20.3 Å². The molecule has 0 fully saturated rings. The Morgan fingerprint density at radius 2 is 2.38 bits per heavy atom. The van der Waals surface area contributed by atoms with E-state index in [0.717, 1.165) is 5.56 Å². The summed E-state index contributed by atoms with van der Waals surface area (Å²) in [6, 6.07) is 3.70.